The van der Waals surface area contributed by atoms with Crippen molar-refractivity contribution in [3.63, 3.8) is 0 Å². The summed E-state index contributed by atoms with van der Waals surface area (Å²) in [5, 5.41) is 15.5. The molecule has 0 aromatic carbocycles. The lowest BCUT2D eigenvalue weighted by Gasteiger charge is -2.02. The third-order valence-electron chi connectivity index (χ3n) is 2.84. The number of anilines is 1. The number of rotatable bonds is 6. The van der Waals surface area contributed by atoms with Crippen molar-refractivity contribution >= 4 is 34.0 Å². The average Bonchev–Trinajstić information content (AvgIpc) is 3.14. The molecule has 0 radical (unpaired) electrons. The highest BCUT2D eigenvalue weighted by Crippen LogP contribution is 2.33. The van der Waals surface area contributed by atoms with Crippen molar-refractivity contribution in [1.82, 2.24) is 29.8 Å². The lowest BCUT2D eigenvalue weighted by molar-refractivity contribution is -0.144. The van der Waals surface area contributed by atoms with E-state index in [4.69, 9.17) is 4.74 Å². The summed E-state index contributed by atoms with van der Waals surface area (Å²) >= 11 is 2.42. The number of nitrogens with zero attached hydrogens (tertiary/aromatic N) is 6. The van der Waals surface area contributed by atoms with Crippen LogP contribution in [-0.2, 0) is 10.9 Å². The normalized spacial score (nSPS) is 12.0. The summed E-state index contributed by atoms with van der Waals surface area (Å²) in [5.41, 5.74) is 0.527. The number of hydrogen-bond donors (Lipinski definition) is 1. The van der Waals surface area contributed by atoms with E-state index < -0.39 is 12.0 Å². The molecule has 134 valence electrons. The number of fused-ring (bicyclic) bond motifs is 1. The number of ether oxygens (including phenoxy) is 1. The Balaban J connectivity index is 1.87. The van der Waals surface area contributed by atoms with Gasteiger partial charge in [-0.25, -0.2) is 4.98 Å². The van der Waals surface area contributed by atoms with Crippen molar-refractivity contribution < 1.29 is 17.9 Å². The molecule has 0 saturated heterocycles. The standard InChI is InChI=1S/C12H12F3N7OS2/c1-6-5-7(22-9(17-6)18-8(21-22)12(13,14)15)24-11-20-19-10(25-11)16-3-4-23-2/h5H,3-4H2,1-2H3,(H,16,19). The van der Waals surface area contributed by atoms with Crippen LogP contribution >= 0.6 is 23.1 Å². The summed E-state index contributed by atoms with van der Waals surface area (Å²) in [5.74, 6) is -1.34. The van der Waals surface area contributed by atoms with Crippen molar-refractivity contribution in [3.05, 3.63) is 17.6 Å². The van der Waals surface area contributed by atoms with Gasteiger partial charge in [0.25, 0.3) is 11.6 Å². The molecule has 3 aromatic heterocycles. The Kier molecular flexibility index (Phi) is 5.06. The van der Waals surface area contributed by atoms with Gasteiger partial charge in [-0.3, -0.25) is 0 Å². The molecule has 0 amide bonds. The third kappa shape index (κ3) is 4.16. The Morgan fingerprint density at radius 2 is 2.12 bits per heavy atom. The molecule has 3 heterocycles. The number of aromatic nitrogens is 6. The molecule has 25 heavy (non-hydrogen) atoms. The zero-order chi connectivity index (χ0) is 18.0. The van der Waals surface area contributed by atoms with Crippen LogP contribution in [-0.4, -0.2) is 50.0 Å². The van der Waals surface area contributed by atoms with Crippen LogP contribution in [0, 0.1) is 6.92 Å². The molecule has 0 fully saturated rings. The van der Waals surface area contributed by atoms with Crippen molar-refractivity contribution in [2.75, 3.05) is 25.6 Å². The van der Waals surface area contributed by atoms with Gasteiger partial charge in [-0.05, 0) is 24.8 Å². The molecule has 0 spiro atoms. The minimum absolute atomic E-state index is 0.113. The maximum Gasteiger partial charge on any atom is 0.453 e. The summed E-state index contributed by atoms with van der Waals surface area (Å²) in [7, 11) is 1.59. The van der Waals surface area contributed by atoms with E-state index in [2.05, 4.69) is 30.6 Å². The fraction of sp³-hybridized carbons (Fsp3) is 0.417. The van der Waals surface area contributed by atoms with Crippen LogP contribution in [0.1, 0.15) is 11.5 Å². The number of nitrogens with one attached hydrogen (secondary N) is 1. The highest BCUT2D eigenvalue weighted by atomic mass is 32.2. The number of hydrogen-bond acceptors (Lipinski definition) is 9. The maximum absolute atomic E-state index is 12.8. The van der Waals surface area contributed by atoms with Crippen LogP contribution in [0.3, 0.4) is 0 Å². The molecule has 0 atom stereocenters. The Morgan fingerprint density at radius 1 is 1.32 bits per heavy atom. The maximum atomic E-state index is 12.8. The second-order valence-corrected chi connectivity index (χ2v) is 7.02. The summed E-state index contributed by atoms with van der Waals surface area (Å²) in [6.45, 7) is 2.77. The molecule has 3 aromatic rings. The average molecular weight is 391 g/mol. The molecule has 0 aliphatic heterocycles. The highest BCUT2D eigenvalue weighted by Gasteiger charge is 2.36. The first-order chi connectivity index (χ1) is 11.9. The van der Waals surface area contributed by atoms with Gasteiger partial charge in [-0.2, -0.15) is 22.7 Å². The minimum atomic E-state index is -4.63. The number of alkyl halides is 3. The largest absolute Gasteiger partial charge is 0.453 e. The molecule has 0 aliphatic rings. The predicted molar refractivity (Wildman–Crippen MR) is 84.9 cm³/mol. The van der Waals surface area contributed by atoms with Gasteiger partial charge < -0.3 is 10.1 Å². The molecule has 1 N–H and O–H groups in total. The fourth-order valence-corrected chi connectivity index (χ4v) is 3.68. The molecule has 0 unspecified atom stereocenters. The van der Waals surface area contributed by atoms with E-state index in [0.29, 0.717) is 33.3 Å². The molecule has 8 nitrogen and oxygen atoms in total. The molecular weight excluding hydrogens is 379 g/mol. The highest BCUT2D eigenvalue weighted by molar-refractivity contribution is 8.01. The summed E-state index contributed by atoms with van der Waals surface area (Å²) in [4.78, 5) is 7.43. The molecular formula is C12H12F3N7OS2. The van der Waals surface area contributed by atoms with E-state index in [1.165, 1.54) is 11.3 Å². The van der Waals surface area contributed by atoms with Gasteiger partial charge in [0.05, 0.1) is 6.61 Å². The van der Waals surface area contributed by atoms with E-state index >= 15 is 0 Å². The molecule has 0 aliphatic carbocycles. The first kappa shape index (κ1) is 17.8. The second kappa shape index (κ2) is 7.09. The zero-order valence-electron chi connectivity index (χ0n) is 13.0. The smallest absolute Gasteiger partial charge is 0.383 e. The Morgan fingerprint density at radius 3 is 2.84 bits per heavy atom. The van der Waals surface area contributed by atoms with Gasteiger partial charge in [-0.15, -0.1) is 15.3 Å². The second-order valence-electron chi connectivity index (χ2n) is 4.78. The first-order valence-electron chi connectivity index (χ1n) is 6.92. The van der Waals surface area contributed by atoms with Gasteiger partial charge >= 0.3 is 6.18 Å². The molecule has 3 rings (SSSR count). The number of halogens is 3. The summed E-state index contributed by atoms with van der Waals surface area (Å²) in [6, 6.07) is 1.62. The van der Waals surface area contributed by atoms with E-state index in [9.17, 15) is 13.2 Å². The molecule has 13 heteroatoms. The van der Waals surface area contributed by atoms with E-state index in [-0.39, 0.29) is 5.78 Å². The topological polar surface area (TPSA) is 90.1 Å². The monoisotopic (exact) mass is 391 g/mol. The van der Waals surface area contributed by atoms with E-state index in [1.807, 2.05) is 0 Å². The number of methoxy groups -OCH3 is 1. The van der Waals surface area contributed by atoms with E-state index in [1.54, 1.807) is 20.1 Å². The zero-order valence-corrected chi connectivity index (χ0v) is 14.7. The third-order valence-corrected chi connectivity index (χ3v) is 4.77. The molecule has 0 saturated carbocycles. The van der Waals surface area contributed by atoms with Crippen LogP contribution in [0.4, 0.5) is 18.3 Å². The van der Waals surface area contributed by atoms with Gasteiger partial charge in [0.2, 0.25) is 5.13 Å². The van der Waals surface area contributed by atoms with E-state index in [0.717, 1.165) is 16.3 Å². The Labute approximate surface area is 147 Å². The van der Waals surface area contributed by atoms with Crippen molar-refractivity contribution in [3.8, 4) is 0 Å². The Hall–Kier alpha value is -1.99. The van der Waals surface area contributed by atoms with Crippen LogP contribution in [0.25, 0.3) is 5.78 Å². The van der Waals surface area contributed by atoms with Crippen molar-refractivity contribution in [2.24, 2.45) is 0 Å². The summed E-state index contributed by atoms with van der Waals surface area (Å²) < 4.78 is 45.0. The van der Waals surface area contributed by atoms with Crippen molar-refractivity contribution in [2.45, 2.75) is 22.5 Å². The van der Waals surface area contributed by atoms with Crippen LogP contribution in [0.5, 0.6) is 0 Å². The van der Waals surface area contributed by atoms with Gasteiger partial charge in [0.15, 0.2) is 4.34 Å². The van der Waals surface area contributed by atoms with Crippen LogP contribution in [0.15, 0.2) is 15.4 Å². The van der Waals surface area contributed by atoms with Crippen LogP contribution < -0.4 is 5.32 Å². The van der Waals surface area contributed by atoms with Gasteiger partial charge in [0, 0.05) is 19.3 Å². The predicted octanol–water partition coefficient (Wildman–Crippen LogP) is 2.51. The first-order valence-corrected chi connectivity index (χ1v) is 8.56. The minimum Gasteiger partial charge on any atom is -0.383 e. The quantitative estimate of drug-likeness (QED) is 0.506. The van der Waals surface area contributed by atoms with Gasteiger partial charge in [0.1, 0.15) is 5.03 Å². The van der Waals surface area contributed by atoms with Gasteiger partial charge in [-0.1, -0.05) is 11.3 Å². The lowest BCUT2D eigenvalue weighted by Crippen LogP contribution is -2.07. The Bertz CT molecular complexity index is 879. The fourth-order valence-electron chi connectivity index (χ4n) is 1.82. The van der Waals surface area contributed by atoms with Crippen LogP contribution in [0.2, 0.25) is 0 Å². The lowest BCUT2D eigenvalue weighted by atomic mass is 10.5. The SMILES string of the molecule is COCCNc1nnc(Sc2cc(C)nc3nc(C(F)(F)F)nn23)s1. The number of aryl methyl sites for hydroxylation is 1. The summed E-state index contributed by atoms with van der Waals surface area (Å²) in [6.07, 6.45) is -4.63. The molecule has 0 bridgehead atoms. The van der Waals surface area contributed by atoms with Crippen molar-refractivity contribution in [1.29, 1.82) is 0 Å².